The van der Waals surface area contributed by atoms with Gasteiger partial charge in [0.1, 0.15) is 11.4 Å². The molecule has 2 atom stereocenters. The van der Waals surface area contributed by atoms with Gasteiger partial charge in [-0.15, -0.1) is 0 Å². The van der Waals surface area contributed by atoms with Crippen molar-refractivity contribution in [2.45, 2.75) is 64.8 Å². The molecule has 0 saturated carbocycles. The molecule has 2 N–H and O–H groups in total. The minimum Gasteiger partial charge on any atom is -0.487 e. The molecule has 2 aromatic rings. The van der Waals surface area contributed by atoms with E-state index >= 15 is 0 Å². The van der Waals surface area contributed by atoms with Crippen LogP contribution < -0.4 is 4.74 Å². The minimum atomic E-state index is -0.479. The first-order valence-corrected chi connectivity index (χ1v) is 10.7. The number of likely N-dealkylation sites (tertiary alicyclic amines) is 1. The number of β-amino-alcohol motifs (C(OH)–C–C–N with tert-alkyl or cyclic N) is 1. The van der Waals surface area contributed by atoms with E-state index in [1.54, 1.807) is 0 Å². The number of nitrogens with zero attached hydrogens (tertiary/aromatic N) is 1. The average Bonchev–Trinajstić information content (AvgIpc) is 2.68. The minimum absolute atomic E-state index is 0.296. The van der Waals surface area contributed by atoms with Gasteiger partial charge in [-0.3, -0.25) is 0 Å². The van der Waals surface area contributed by atoms with Crippen molar-refractivity contribution < 1.29 is 14.9 Å². The van der Waals surface area contributed by atoms with Crippen molar-refractivity contribution in [3.63, 3.8) is 0 Å². The maximum atomic E-state index is 10.8. The van der Waals surface area contributed by atoms with Crippen LogP contribution in [0, 0.1) is 27.7 Å². The van der Waals surface area contributed by atoms with Crippen molar-refractivity contribution in [3.8, 4) is 5.75 Å². The molecule has 2 aromatic carbocycles. The summed E-state index contributed by atoms with van der Waals surface area (Å²) in [5.74, 6) is 0.843. The predicted octanol–water partition coefficient (Wildman–Crippen LogP) is 4.30. The number of benzene rings is 2. The summed E-state index contributed by atoms with van der Waals surface area (Å²) in [6.07, 6.45) is 1.45. The Morgan fingerprint density at radius 2 is 1.66 bits per heavy atom. The van der Waals surface area contributed by atoms with E-state index < -0.39 is 12.2 Å². The molecule has 1 fully saturated rings. The zero-order chi connectivity index (χ0) is 20.8. The van der Waals surface area contributed by atoms with Gasteiger partial charge in [-0.1, -0.05) is 18.2 Å². The number of fused-ring (bicyclic) bond motifs is 1. The summed E-state index contributed by atoms with van der Waals surface area (Å²) in [6.45, 7) is 10.7. The molecule has 2 aliphatic heterocycles. The van der Waals surface area contributed by atoms with Gasteiger partial charge >= 0.3 is 0 Å². The van der Waals surface area contributed by atoms with Crippen LogP contribution in [0.1, 0.15) is 64.9 Å². The van der Waals surface area contributed by atoms with Crippen molar-refractivity contribution in [1.29, 1.82) is 0 Å². The van der Waals surface area contributed by atoms with E-state index in [1.165, 1.54) is 22.3 Å². The molecule has 0 radical (unpaired) electrons. The molecule has 4 heteroatoms. The Morgan fingerprint density at radius 1 is 1.00 bits per heavy atom. The number of piperidine rings is 1. The van der Waals surface area contributed by atoms with Gasteiger partial charge in [0.2, 0.25) is 0 Å². The normalized spacial score (nSPS) is 22.2. The van der Waals surface area contributed by atoms with E-state index in [-0.39, 0.29) is 5.60 Å². The predicted molar refractivity (Wildman–Crippen MR) is 115 cm³/mol. The summed E-state index contributed by atoms with van der Waals surface area (Å²) < 4.78 is 6.48. The molecule has 0 bridgehead atoms. The molecule has 4 rings (SSSR count). The van der Waals surface area contributed by atoms with Crippen molar-refractivity contribution in [2.24, 2.45) is 0 Å². The van der Waals surface area contributed by atoms with Crippen molar-refractivity contribution in [1.82, 2.24) is 4.90 Å². The van der Waals surface area contributed by atoms with Crippen molar-refractivity contribution >= 4 is 0 Å². The first kappa shape index (κ1) is 20.4. The lowest BCUT2D eigenvalue weighted by atomic mass is 9.81. The van der Waals surface area contributed by atoms with Crippen LogP contribution in [0.2, 0.25) is 0 Å². The van der Waals surface area contributed by atoms with Gasteiger partial charge < -0.3 is 19.8 Å². The Bertz CT molecular complexity index is 899. The molecule has 4 nitrogen and oxygen atoms in total. The topological polar surface area (TPSA) is 52.9 Å². The summed E-state index contributed by atoms with van der Waals surface area (Å²) in [4.78, 5) is 2.32. The Kier molecular flexibility index (Phi) is 5.45. The summed E-state index contributed by atoms with van der Waals surface area (Å²) in [5.41, 5.74) is 6.46. The Labute approximate surface area is 174 Å². The fourth-order valence-electron chi connectivity index (χ4n) is 4.67. The van der Waals surface area contributed by atoms with Crippen LogP contribution in [0.25, 0.3) is 0 Å². The first-order chi connectivity index (χ1) is 13.8. The maximum absolute atomic E-state index is 10.8. The molecule has 0 amide bonds. The smallest absolute Gasteiger partial charge is 0.126 e. The molecule has 2 aliphatic rings. The summed E-state index contributed by atoms with van der Waals surface area (Å²) >= 11 is 0. The van der Waals surface area contributed by atoms with Crippen LogP contribution >= 0.6 is 0 Å². The summed E-state index contributed by atoms with van der Waals surface area (Å²) in [5, 5.41) is 21.5. The fraction of sp³-hybridized carbons (Fsp3) is 0.520. The molecule has 156 valence electrons. The summed E-state index contributed by atoms with van der Waals surface area (Å²) in [6, 6.07) is 10.3. The highest BCUT2D eigenvalue weighted by atomic mass is 16.5. The molecule has 1 saturated heterocycles. The molecular formula is C25H33NO3. The third-order valence-corrected chi connectivity index (χ3v) is 6.99. The Morgan fingerprint density at radius 3 is 2.34 bits per heavy atom. The fourth-order valence-corrected chi connectivity index (χ4v) is 4.67. The SMILES string of the molecule is Cc1ccc(C(O)CN2CCC3(CC2)CC(O)c2cc(C)c(C)cc2O3)cc1C. The molecule has 0 aromatic heterocycles. The van der Waals surface area contributed by atoms with Gasteiger partial charge in [0.15, 0.2) is 0 Å². The lowest BCUT2D eigenvalue weighted by molar-refractivity contribution is -0.0588. The van der Waals surface area contributed by atoms with Crippen LogP contribution in [-0.4, -0.2) is 40.3 Å². The largest absolute Gasteiger partial charge is 0.487 e. The lowest BCUT2D eigenvalue weighted by Gasteiger charge is -2.46. The number of aliphatic hydroxyl groups excluding tert-OH is 2. The second-order valence-electron chi connectivity index (χ2n) is 9.14. The third kappa shape index (κ3) is 4.07. The quantitative estimate of drug-likeness (QED) is 0.813. The molecule has 29 heavy (non-hydrogen) atoms. The highest BCUT2D eigenvalue weighted by molar-refractivity contribution is 5.45. The Hall–Kier alpha value is -1.88. The zero-order valence-electron chi connectivity index (χ0n) is 18.0. The van der Waals surface area contributed by atoms with Gasteiger partial charge in [-0.2, -0.15) is 0 Å². The van der Waals surface area contributed by atoms with Gasteiger partial charge in [0.05, 0.1) is 12.2 Å². The van der Waals surface area contributed by atoms with Crippen LogP contribution in [-0.2, 0) is 0 Å². The van der Waals surface area contributed by atoms with Crippen LogP contribution in [0.5, 0.6) is 5.75 Å². The number of rotatable bonds is 3. The van der Waals surface area contributed by atoms with Crippen molar-refractivity contribution in [3.05, 3.63) is 63.7 Å². The lowest BCUT2D eigenvalue weighted by Crippen LogP contribution is -2.51. The molecule has 1 spiro atoms. The first-order valence-electron chi connectivity index (χ1n) is 10.7. The maximum Gasteiger partial charge on any atom is 0.126 e. The molecular weight excluding hydrogens is 362 g/mol. The van der Waals surface area contributed by atoms with Gasteiger partial charge in [0.25, 0.3) is 0 Å². The van der Waals surface area contributed by atoms with Gasteiger partial charge in [0, 0.05) is 31.6 Å². The van der Waals surface area contributed by atoms with Crippen LogP contribution in [0.4, 0.5) is 0 Å². The van der Waals surface area contributed by atoms with E-state index in [1.807, 2.05) is 6.07 Å². The second kappa shape index (κ2) is 7.75. The van der Waals surface area contributed by atoms with E-state index in [9.17, 15) is 10.2 Å². The van der Waals surface area contributed by atoms with Gasteiger partial charge in [-0.05, 0) is 80.5 Å². The summed E-state index contributed by atoms with van der Waals surface area (Å²) in [7, 11) is 0. The third-order valence-electron chi connectivity index (χ3n) is 6.99. The van der Waals surface area contributed by atoms with Crippen LogP contribution in [0.15, 0.2) is 30.3 Å². The number of hydrogen-bond donors (Lipinski definition) is 2. The van der Waals surface area contributed by atoms with E-state index in [2.05, 4.69) is 56.9 Å². The van der Waals surface area contributed by atoms with E-state index in [0.29, 0.717) is 13.0 Å². The highest BCUT2D eigenvalue weighted by Gasteiger charge is 2.43. The second-order valence-corrected chi connectivity index (χ2v) is 9.14. The number of hydrogen-bond acceptors (Lipinski definition) is 4. The standard InChI is InChI=1S/C25H33NO3/c1-16-5-6-20(11-17(16)2)23(28)15-26-9-7-25(8-10-26)14-22(27)21-12-18(3)19(4)13-24(21)29-25/h5-6,11-13,22-23,27-28H,7-10,14-15H2,1-4H3. The molecule has 2 unspecified atom stereocenters. The number of aryl methyl sites for hydroxylation is 4. The highest BCUT2D eigenvalue weighted by Crippen LogP contribution is 2.45. The molecule has 0 aliphatic carbocycles. The van der Waals surface area contributed by atoms with E-state index in [4.69, 9.17) is 4.74 Å². The van der Waals surface area contributed by atoms with Crippen LogP contribution in [0.3, 0.4) is 0 Å². The molecule has 2 heterocycles. The zero-order valence-corrected chi connectivity index (χ0v) is 18.0. The van der Waals surface area contributed by atoms with Crippen molar-refractivity contribution in [2.75, 3.05) is 19.6 Å². The number of aliphatic hydroxyl groups is 2. The Balaban J connectivity index is 1.41. The number of ether oxygens (including phenoxy) is 1. The average molecular weight is 396 g/mol. The monoisotopic (exact) mass is 395 g/mol. The van der Waals surface area contributed by atoms with E-state index in [0.717, 1.165) is 42.8 Å². The van der Waals surface area contributed by atoms with Gasteiger partial charge in [-0.25, -0.2) is 0 Å².